The minimum absolute atomic E-state index is 0.321. The zero-order valence-corrected chi connectivity index (χ0v) is 10.8. The first kappa shape index (κ1) is 15.2. The van der Waals surface area contributed by atoms with Gasteiger partial charge in [-0.2, -0.15) is 0 Å². The van der Waals surface area contributed by atoms with Crippen LogP contribution in [0.25, 0.3) is 0 Å². The third-order valence-electron chi connectivity index (χ3n) is 2.69. The normalized spacial score (nSPS) is 13.2. The van der Waals surface area contributed by atoms with Gasteiger partial charge in [-0.05, 0) is 6.07 Å². The zero-order valence-electron chi connectivity index (χ0n) is 10.8. The molecule has 1 rings (SSSR count). The summed E-state index contributed by atoms with van der Waals surface area (Å²) >= 11 is 0. The highest BCUT2D eigenvalue weighted by molar-refractivity contribution is 5.92. The van der Waals surface area contributed by atoms with Crippen LogP contribution >= 0.6 is 0 Å². The summed E-state index contributed by atoms with van der Waals surface area (Å²) in [5, 5.41) is 8.75. The zero-order chi connectivity index (χ0) is 15.0. The molecule has 0 saturated heterocycles. The van der Waals surface area contributed by atoms with Gasteiger partial charge in [-0.15, -0.1) is 0 Å². The maximum Gasteiger partial charge on any atom is 0.341 e. The van der Waals surface area contributed by atoms with E-state index in [9.17, 15) is 18.4 Å². The number of carboxylic acid groups (broad SMARTS) is 1. The van der Waals surface area contributed by atoms with Gasteiger partial charge in [-0.25, -0.2) is 13.6 Å². The largest absolute Gasteiger partial charge is 0.477 e. The van der Waals surface area contributed by atoms with Crippen LogP contribution in [0.1, 0.15) is 42.7 Å². The van der Waals surface area contributed by atoms with Crippen LogP contribution in [0.5, 0.6) is 0 Å². The Morgan fingerprint density at radius 2 is 1.79 bits per heavy atom. The Kier molecular flexibility index (Phi) is 4.05. The van der Waals surface area contributed by atoms with Crippen molar-refractivity contribution in [1.82, 2.24) is 0 Å². The van der Waals surface area contributed by atoms with Crippen LogP contribution in [0.15, 0.2) is 12.1 Å². The molecule has 1 aromatic carbocycles. The average molecular weight is 271 g/mol. The summed E-state index contributed by atoms with van der Waals surface area (Å²) in [7, 11) is 0. The second-order valence-corrected chi connectivity index (χ2v) is 5.22. The second kappa shape index (κ2) is 5.05. The predicted octanol–water partition coefficient (Wildman–Crippen LogP) is 2.28. The lowest BCUT2D eigenvalue weighted by Gasteiger charge is -2.22. The first-order valence-electron chi connectivity index (χ1n) is 5.58. The molecule has 0 spiro atoms. The number of hydrogen-bond donors (Lipinski definition) is 2. The molecule has 104 valence electrons. The van der Waals surface area contributed by atoms with Crippen molar-refractivity contribution in [3.8, 4) is 0 Å². The third kappa shape index (κ3) is 2.96. The molecule has 0 amide bonds. The number of rotatable bonds is 3. The molecular formula is C13H15F2NO3. The first-order valence-corrected chi connectivity index (χ1v) is 5.58. The molecule has 1 unspecified atom stereocenters. The van der Waals surface area contributed by atoms with Gasteiger partial charge < -0.3 is 10.8 Å². The number of hydrogen-bond acceptors (Lipinski definition) is 3. The van der Waals surface area contributed by atoms with Crippen molar-refractivity contribution in [1.29, 1.82) is 0 Å². The lowest BCUT2D eigenvalue weighted by atomic mass is 9.84. The van der Waals surface area contributed by atoms with Gasteiger partial charge in [0, 0.05) is 11.0 Å². The Morgan fingerprint density at radius 3 is 2.21 bits per heavy atom. The number of nitrogens with two attached hydrogens (primary N) is 1. The van der Waals surface area contributed by atoms with Crippen molar-refractivity contribution in [2.45, 2.75) is 26.8 Å². The number of halogens is 2. The highest BCUT2D eigenvalue weighted by atomic mass is 19.1. The molecule has 0 aliphatic carbocycles. The molecule has 0 saturated carbocycles. The van der Waals surface area contributed by atoms with Crippen LogP contribution in [0.2, 0.25) is 0 Å². The fourth-order valence-electron chi connectivity index (χ4n) is 1.61. The van der Waals surface area contributed by atoms with Crippen molar-refractivity contribution >= 4 is 11.8 Å². The molecule has 0 bridgehead atoms. The van der Waals surface area contributed by atoms with Crippen LogP contribution in [0.4, 0.5) is 8.78 Å². The summed E-state index contributed by atoms with van der Waals surface area (Å²) < 4.78 is 27.2. The molecule has 4 nitrogen and oxygen atoms in total. The molecule has 19 heavy (non-hydrogen) atoms. The third-order valence-corrected chi connectivity index (χ3v) is 2.69. The topological polar surface area (TPSA) is 80.4 Å². The van der Waals surface area contributed by atoms with E-state index in [1.807, 2.05) is 0 Å². The number of carboxylic acids is 1. The molecule has 0 radical (unpaired) electrons. The SMILES string of the molecule is CC(C)(C)C(=O)C(N)c1ccc(F)c(C(=O)O)c1F. The van der Waals surface area contributed by atoms with Gasteiger partial charge >= 0.3 is 5.97 Å². The Balaban J connectivity index is 3.34. The number of carbonyl (C=O) groups is 2. The summed E-state index contributed by atoms with van der Waals surface area (Å²) in [4.78, 5) is 22.7. The van der Waals surface area contributed by atoms with Crippen LogP contribution in [-0.2, 0) is 4.79 Å². The number of aromatic carboxylic acids is 1. The van der Waals surface area contributed by atoms with E-state index >= 15 is 0 Å². The Hall–Kier alpha value is -1.82. The molecule has 0 fully saturated rings. The lowest BCUT2D eigenvalue weighted by molar-refractivity contribution is -0.127. The van der Waals surface area contributed by atoms with Crippen molar-refractivity contribution in [3.05, 3.63) is 34.9 Å². The van der Waals surface area contributed by atoms with Gasteiger partial charge in [0.05, 0.1) is 6.04 Å². The molecule has 1 aromatic rings. The van der Waals surface area contributed by atoms with E-state index in [1.165, 1.54) is 0 Å². The number of ketones is 1. The first-order chi connectivity index (χ1) is 8.57. The fraction of sp³-hybridized carbons (Fsp3) is 0.385. The molecular weight excluding hydrogens is 256 g/mol. The van der Waals surface area contributed by atoms with Crippen LogP contribution in [0.3, 0.4) is 0 Å². The van der Waals surface area contributed by atoms with E-state index < -0.39 is 40.4 Å². The van der Waals surface area contributed by atoms with Crippen molar-refractivity contribution in [3.63, 3.8) is 0 Å². The van der Waals surface area contributed by atoms with Gasteiger partial charge in [0.1, 0.15) is 17.2 Å². The summed E-state index contributed by atoms with van der Waals surface area (Å²) in [6.45, 7) is 4.82. The Bertz CT molecular complexity index is 535. The highest BCUT2D eigenvalue weighted by Crippen LogP contribution is 2.27. The number of carbonyl (C=O) groups excluding carboxylic acids is 1. The standard InChI is InChI=1S/C13H15F2NO3/c1-13(2,3)11(17)10(16)6-4-5-7(14)8(9(6)15)12(18)19/h4-5,10H,16H2,1-3H3,(H,18,19). The van der Waals surface area contributed by atoms with Crippen LogP contribution in [-0.4, -0.2) is 16.9 Å². The maximum absolute atomic E-state index is 13.9. The lowest BCUT2D eigenvalue weighted by Crippen LogP contribution is -2.33. The summed E-state index contributed by atoms with van der Waals surface area (Å²) in [5.41, 5.74) is 3.40. The quantitative estimate of drug-likeness (QED) is 0.883. The fourth-order valence-corrected chi connectivity index (χ4v) is 1.61. The number of Topliss-reactive ketones (excluding diaryl/α,β-unsaturated/α-hetero) is 1. The van der Waals surface area contributed by atoms with E-state index in [0.29, 0.717) is 0 Å². The van der Waals surface area contributed by atoms with E-state index in [4.69, 9.17) is 10.8 Å². The minimum Gasteiger partial charge on any atom is -0.477 e. The van der Waals surface area contributed by atoms with Crippen molar-refractivity contribution in [2.24, 2.45) is 11.1 Å². The molecule has 6 heteroatoms. The second-order valence-electron chi connectivity index (χ2n) is 5.22. The number of benzene rings is 1. The molecule has 1 atom stereocenters. The van der Waals surface area contributed by atoms with Gasteiger partial charge in [0.25, 0.3) is 0 Å². The maximum atomic E-state index is 13.9. The van der Waals surface area contributed by atoms with E-state index in [1.54, 1.807) is 20.8 Å². The molecule has 3 N–H and O–H groups in total. The molecule has 0 heterocycles. The summed E-state index contributed by atoms with van der Waals surface area (Å²) in [6.07, 6.45) is 0. The van der Waals surface area contributed by atoms with E-state index in [2.05, 4.69) is 0 Å². The van der Waals surface area contributed by atoms with Gasteiger partial charge in [-0.1, -0.05) is 26.8 Å². The van der Waals surface area contributed by atoms with Crippen molar-refractivity contribution in [2.75, 3.05) is 0 Å². The predicted molar refractivity (Wildman–Crippen MR) is 64.7 cm³/mol. The molecule has 0 aromatic heterocycles. The highest BCUT2D eigenvalue weighted by Gasteiger charge is 2.31. The van der Waals surface area contributed by atoms with Gasteiger partial charge in [0.15, 0.2) is 5.78 Å². The van der Waals surface area contributed by atoms with Gasteiger partial charge in [-0.3, -0.25) is 4.79 Å². The van der Waals surface area contributed by atoms with Crippen molar-refractivity contribution < 1.29 is 23.5 Å². The monoisotopic (exact) mass is 271 g/mol. The van der Waals surface area contributed by atoms with E-state index in [-0.39, 0.29) is 5.56 Å². The molecule has 0 aliphatic heterocycles. The van der Waals surface area contributed by atoms with Crippen LogP contribution < -0.4 is 5.73 Å². The average Bonchev–Trinajstić information content (AvgIpc) is 2.25. The molecule has 0 aliphatic rings. The van der Waals surface area contributed by atoms with Crippen LogP contribution in [0, 0.1) is 17.0 Å². The summed E-state index contributed by atoms with van der Waals surface area (Å²) in [6, 6.07) is 0.446. The minimum atomic E-state index is -1.74. The smallest absolute Gasteiger partial charge is 0.341 e. The van der Waals surface area contributed by atoms with Gasteiger partial charge in [0.2, 0.25) is 0 Å². The summed E-state index contributed by atoms with van der Waals surface area (Å²) in [5.74, 6) is -4.72. The Morgan fingerprint density at radius 1 is 1.26 bits per heavy atom. The van der Waals surface area contributed by atoms with E-state index in [0.717, 1.165) is 12.1 Å². The Labute approximate surface area is 109 Å².